The topological polar surface area (TPSA) is 51.2 Å². The third kappa shape index (κ3) is 3.82. The molecule has 0 aliphatic rings. The van der Waals surface area contributed by atoms with Gasteiger partial charge in [0.25, 0.3) is 0 Å². The largest absolute Gasteiger partial charge is 0.497 e. The number of halogens is 2. The van der Waals surface area contributed by atoms with Gasteiger partial charge >= 0.3 is 0 Å². The quantitative estimate of drug-likeness (QED) is 0.684. The van der Waals surface area contributed by atoms with Crippen molar-refractivity contribution in [1.29, 1.82) is 0 Å². The molecule has 0 bridgehead atoms. The summed E-state index contributed by atoms with van der Waals surface area (Å²) in [5, 5.41) is 3.14. The van der Waals surface area contributed by atoms with Crippen LogP contribution in [0.5, 0.6) is 5.75 Å². The van der Waals surface area contributed by atoms with Gasteiger partial charge in [-0.3, -0.25) is 4.79 Å². The second kappa shape index (κ2) is 7.14. The Bertz CT molecular complexity index is 899. The van der Waals surface area contributed by atoms with Crippen molar-refractivity contribution in [3.63, 3.8) is 0 Å². The van der Waals surface area contributed by atoms with Crippen molar-refractivity contribution in [2.24, 2.45) is 0 Å². The molecule has 0 atom stereocenters. The maximum atomic E-state index is 13.5. The van der Waals surface area contributed by atoms with Gasteiger partial charge in [-0.1, -0.05) is 11.3 Å². The second-order valence-electron chi connectivity index (χ2n) is 4.76. The van der Waals surface area contributed by atoms with Crippen LogP contribution >= 0.6 is 23.1 Å². The third-order valence-electron chi connectivity index (χ3n) is 3.09. The molecule has 0 aliphatic heterocycles. The molecule has 4 nitrogen and oxygen atoms in total. The standard InChI is InChI=1S/C16H12F2N2O2S2/c1-22-10-3-4-12-14(7-10)24-16(19-12)20-15(21)8-23-13-5-2-9(17)6-11(13)18/h2-7H,8H2,1H3,(H,19,20,21). The molecule has 8 heteroatoms. The van der Waals surface area contributed by atoms with Crippen molar-refractivity contribution in [3.05, 3.63) is 48.0 Å². The number of carbonyl (C=O) groups excluding carboxylic acids is 1. The monoisotopic (exact) mass is 366 g/mol. The summed E-state index contributed by atoms with van der Waals surface area (Å²) in [6.07, 6.45) is 0. The molecule has 1 heterocycles. The van der Waals surface area contributed by atoms with Crippen LogP contribution in [0.4, 0.5) is 13.9 Å². The van der Waals surface area contributed by atoms with Crippen LogP contribution in [0.3, 0.4) is 0 Å². The first kappa shape index (κ1) is 16.7. The molecule has 24 heavy (non-hydrogen) atoms. The van der Waals surface area contributed by atoms with Gasteiger partial charge in [-0.2, -0.15) is 0 Å². The number of aromatic nitrogens is 1. The molecule has 0 radical (unpaired) electrons. The lowest BCUT2D eigenvalue weighted by molar-refractivity contribution is -0.113. The van der Waals surface area contributed by atoms with E-state index in [1.807, 2.05) is 12.1 Å². The normalized spacial score (nSPS) is 10.8. The van der Waals surface area contributed by atoms with Crippen molar-refractivity contribution < 1.29 is 18.3 Å². The van der Waals surface area contributed by atoms with Crippen LogP contribution in [-0.2, 0) is 4.79 Å². The van der Waals surface area contributed by atoms with Crippen LogP contribution in [0.2, 0.25) is 0 Å². The fraction of sp³-hybridized carbons (Fsp3) is 0.125. The summed E-state index contributed by atoms with van der Waals surface area (Å²) in [6, 6.07) is 8.70. The van der Waals surface area contributed by atoms with Gasteiger partial charge in [-0.15, -0.1) is 11.8 Å². The number of ether oxygens (including phenoxy) is 1. The number of methoxy groups -OCH3 is 1. The molecule has 0 saturated carbocycles. The molecular formula is C16H12F2N2O2S2. The highest BCUT2D eigenvalue weighted by atomic mass is 32.2. The molecule has 0 unspecified atom stereocenters. The van der Waals surface area contributed by atoms with E-state index in [9.17, 15) is 13.6 Å². The highest BCUT2D eigenvalue weighted by Gasteiger charge is 2.11. The Hall–Kier alpha value is -2.19. The molecule has 1 N–H and O–H groups in total. The lowest BCUT2D eigenvalue weighted by Crippen LogP contribution is -2.13. The molecule has 3 aromatic rings. The lowest BCUT2D eigenvalue weighted by Gasteiger charge is -2.03. The summed E-state index contributed by atoms with van der Waals surface area (Å²) < 4.78 is 32.4. The van der Waals surface area contributed by atoms with Crippen LogP contribution in [0, 0.1) is 11.6 Å². The van der Waals surface area contributed by atoms with E-state index in [1.165, 1.54) is 17.4 Å². The van der Waals surface area contributed by atoms with Gasteiger partial charge in [0.2, 0.25) is 5.91 Å². The summed E-state index contributed by atoms with van der Waals surface area (Å²) in [5.41, 5.74) is 0.758. The molecular weight excluding hydrogens is 354 g/mol. The SMILES string of the molecule is COc1ccc2nc(NC(=O)CSc3ccc(F)cc3F)sc2c1. The number of anilines is 1. The average Bonchev–Trinajstić information content (AvgIpc) is 2.95. The predicted octanol–water partition coefficient (Wildman–Crippen LogP) is 4.31. The van der Waals surface area contributed by atoms with E-state index in [1.54, 1.807) is 13.2 Å². The molecule has 3 rings (SSSR count). The smallest absolute Gasteiger partial charge is 0.236 e. The third-order valence-corrected chi connectivity index (χ3v) is 5.08. The Morgan fingerprint density at radius 1 is 1.29 bits per heavy atom. The van der Waals surface area contributed by atoms with E-state index in [-0.39, 0.29) is 16.6 Å². The second-order valence-corrected chi connectivity index (χ2v) is 6.81. The van der Waals surface area contributed by atoms with Crippen molar-refractivity contribution >= 4 is 44.4 Å². The molecule has 1 aromatic heterocycles. The number of carbonyl (C=O) groups is 1. The van der Waals surface area contributed by atoms with E-state index in [2.05, 4.69) is 10.3 Å². The highest BCUT2D eigenvalue weighted by molar-refractivity contribution is 8.00. The maximum Gasteiger partial charge on any atom is 0.236 e. The zero-order valence-electron chi connectivity index (χ0n) is 12.5. The first-order chi connectivity index (χ1) is 11.5. The van der Waals surface area contributed by atoms with Crippen LogP contribution in [-0.4, -0.2) is 23.8 Å². The van der Waals surface area contributed by atoms with Crippen molar-refractivity contribution in [2.45, 2.75) is 4.90 Å². The number of thiazole rings is 1. The molecule has 0 fully saturated rings. The van der Waals surface area contributed by atoms with Crippen LogP contribution < -0.4 is 10.1 Å². The van der Waals surface area contributed by atoms with E-state index >= 15 is 0 Å². The number of hydrogen-bond donors (Lipinski definition) is 1. The van der Waals surface area contributed by atoms with Gasteiger partial charge in [-0.05, 0) is 30.3 Å². The Balaban J connectivity index is 1.64. The number of fused-ring (bicyclic) bond motifs is 1. The van der Waals surface area contributed by atoms with E-state index in [4.69, 9.17) is 4.74 Å². The average molecular weight is 366 g/mol. The summed E-state index contributed by atoms with van der Waals surface area (Å²) in [6.45, 7) is 0. The number of benzene rings is 2. The van der Waals surface area contributed by atoms with Crippen molar-refractivity contribution in [1.82, 2.24) is 4.98 Å². The Labute approximate surface area is 144 Å². The molecule has 0 saturated heterocycles. The van der Waals surface area contributed by atoms with Crippen molar-refractivity contribution in [2.75, 3.05) is 18.2 Å². The van der Waals surface area contributed by atoms with Gasteiger partial charge in [0, 0.05) is 11.0 Å². The fourth-order valence-corrected chi connectivity index (χ4v) is 3.61. The van der Waals surface area contributed by atoms with Gasteiger partial charge in [0.15, 0.2) is 5.13 Å². The first-order valence-corrected chi connectivity index (χ1v) is 8.67. The number of nitrogens with one attached hydrogen (secondary N) is 1. The first-order valence-electron chi connectivity index (χ1n) is 6.87. The van der Waals surface area contributed by atoms with E-state index in [0.29, 0.717) is 10.9 Å². The molecule has 0 spiro atoms. The summed E-state index contributed by atoms with van der Waals surface area (Å²) in [4.78, 5) is 16.5. The van der Waals surface area contributed by atoms with Crippen LogP contribution in [0.15, 0.2) is 41.3 Å². The van der Waals surface area contributed by atoms with Gasteiger partial charge in [0.05, 0.1) is 23.1 Å². The molecule has 124 valence electrons. The predicted molar refractivity (Wildman–Crippen MR) is 91.9 cm³/mol. The van der Waals surface area contributed by atoms with Gasteiger partial charge in [0.1, 0.15) is 17.4 Å². The fourth-order valence-electron chi connectivity index (χ4n) is 1.98. The van der Waals surface area contributed by atoms with Gasteiger partial charge < -0.3 is 10.1 Å². The zero-order valence-corrected chi connectivity index (χ0v) is 14.1. The Morgan fingerprint density at radius 2 is 2.12 bits per heavy atom. The minimum absolute atomic E-state index is 0.00178. The minimum Gasteiger partial charge on any atom is -0.497 e. The number of nitrogens with zero attached hydrogens (tertiary/aromatic N) is 1. The van der Waals surface area contributed by atoms with Gasteiger partial charge in [-0.25, -0.2) is 13.8 Å². The number of thioether (sulfide) groups is 1. The summed E-state index contributed by atoms with van der Waals surface area (Å²) in [7, 11) is 1.58. The molecule has 1 amide bonds. The lowest BCUT2D eigenvalue weighted by atomic mass is 10.3. The zero-order chi connectivity index (χ0) is 17.1. The van der Waals surface area contributed by atoms with Crippen LogP contribution in [0.25, 0.3) is 10.2 Å². The Morgan fingerprint density at radius 3 is 2.88 bits per heavy atom. The maximum absolute atomic E-state index is 13.5. The van der Waals surface area contributed by atoms with Crippen molar-refractivity contribution in [3.8, 4) is 5.75 Å². The number of hydrogen-bond acceptors (Lipinski definition) is 5. The van der Waals surface area contributed by atoms with E-state index < -0.39 is 11.6 Å². The number of rotatable bonds is 5. The molecule has 2 aromatic carbocycles. The summed E-state index contributed by atoms with van der Waals surface area (Å²) in [5.74, 6) is -0.922. The Kier molecular flexibility index (Phi) is 4.96. The highest BCUT2D eigenvalue weighted by Crippen LogP contribution is 2.29. The van der Waals surface area contributed by atoms with Crippen LogP contribution in [0.1, 0.15) is 0 Å². The van der Waals surface area contributed by atoms with E-state index in [0.717, 1.165) is 34.1 Å². The minimum atomic E-state index is -0.681. The number of amides is 1. The molecule has 0 aliphatic carbocycles. The summed E-state index contributed by atoms with van der Waals surface area (Å²) >= 11 is 2.33.